The number of benzene rings is 1. The molecule has 0 saturated carbocycles. The van der Waals surface area contributed by atoms with Gasteiger partial charge in [-0.05, 0) is 18.6 Å². The second-order valence-corrected chi connectivity index (χ2v) is 4.37. The van der Waals surface area contributed by atoms with Gasteiger partial charge in [0.15, 0.2) is 0 Å². The van der Waals surface area contributed by atoms with Crippen LogP contribution in [-0.2, 0) is 16.0 Å². The van der Waals surface area contributed by atoms with Gasteiger partial charge in [0.25, 0.3) is 0 Å². The van der Waals surface area contributed by atoms with Crippen LogP contribution in [0.2, 0.25) is 0 Å². The van der Waals surface area contributed by atoms with Crippen LogP contribution >= 0.6 is 15.9 Å². The predicted molar refractivity (Wildman–Crippen MR) is 65.9 cm³/mol. The summed E-state index contributed by atoms with van der Waals surface area (Å²) >= 11 is 3.29. The average Bonchev–Trinajstić information content (AvgIpc) is 2.21. The lowest BCUT2D eigenvalue weighted by Crippen LogP contribution is -2.20. The van der Waals surface area contributed by atoms with Crippen LogP contribution in [0.15, 0.2) is 18.2 Å². The van der Waals surface area contributed by atoms with Crippen LogP contribution in [-0.4, -0.2) is 22.5 Å². The molecule has 0 heterocycles. The fraction of sp³-hybridized carbons (Fsp3) is 0.417. The van der Waals surface area contributed by atoms with E-state index in [9.17, 15) is 9.90 Å². The van der Waals surface area contributed by atoms with E-state index in [1.807, 2.05) is 19.1 Å². The Kier molecular flexibility index (Phi) is 4.80. The van der Waals surface area contributed by atoms with Crippen molar-refractivity contribution in [2.24, 2.45) is 0 Å². The van der Waals surface area contributed by atoms with Gasteiger partial charge in [0, 0.05) is 18.7 Å². The first-order chi connectivity index (χ1) is 7.52. The van der Waals surface area contributed by atoms with Gasteiger partial charge in [-0.15, -0.1) is 0 Å². The lowest BCUT2D eigenvalue weighted by molar-refractivity contribution is -0.145. The minimum atomic E-state index is -0.309. The van der Waals surface area contributed by atoms with E-state index >= 15 is 0 Å². The molecule has 0 aliphatic rings. The van der Waals surface area contributed by atoms with E-state index in [0.717, 1.165) is 11.1 Å². The molecule has 1 unspecified atom stereocenters. The molecule has 0 fully saturated rings. The maximum atomic E-state index is 10.8. The van der Waals surface area contributed by atoms with Crippen molar-refractivity contribution in [3.8, 4) is 5.75 Å². The maximum Gasteiger partial charge on any atom is 0.302 e. The Labute approximate surface area is 104 Å². The number of hydrogen-bond donors (Lipinski definition) is 1. The van der Waals surface area contributed by atoms with Crippen LogP contribution in [0.25, 0.3) is 0 Å². The number of carbonyl (C=O) groups excluding carboxylic acids is 1. The smallest absolute Gasteiger partial charge is 0.302 e. The Morgan fingerprint density at radius 1 is 1.56 bits per heavy atom. The van der Waals surface area contributed by atoms with Gasteiger partial charge >= 0.3 is 5.97 Å². The van der Waals surface area contributed by atoms with Crippen molar-refractivity contribution in [2.45, 2.75) is 26.4 Å². The Morgan fingerprint density at radius 3 is 2.81 bits per heavy atom. The summed E-state index contributed by atoms with van der Waals surface area (Å²) in [6, 6.07) is 5.39. The third-order valence-electron chi connectivity index (χ3n) is 2.19. The minimum absolute atomic E-state index is 0.240. The summed E-state index contributed by atoms with van der Waals surface area (Å²) in [6.07, 6.45) is 0.267. The zero-order chi connectivity index (χ0) is 12.1. The number of phenolic OH excluding ortho intramolecular Hbond substituents is 1. The Hall–Kier alpha value is -1.03. The van der Waals surface area contributed by atoms with E-state index in [1.54, 1.807) is 6.07 Å². The van der Waals surface area contributed by atoms with Crippen LogP contribution in [0.1, 0.15) is 18.1 Å². The molecule has 0 aliphatic heterocycles. The van der Waals surface area contributed by atoms with Gasteiger partial charge in [0.2, 0.25) is 0 Å². The predicted octanol–water partition coefficient (Wildman–Crippen LogP) is 2.57. The summed E-state index contributed by atoms with van der Waals surface area (Å²) < 4.78 is 5.10. The molecular formula is C12H15BrO3. The molecule has 0 bridgehead atoms. The standard InChI is InChI=1S/C12H15BrO3/c1-8-3-4-12(15)10(5-8)6-11(7-13)16-9(2)14/h3-5,11,15H,6-7H2,1-2H3. The zero-order valence-electron chi connectivity index (χ0n) is 9.37. The minimum Gasteiger partial charge on any atom is -0.508 e. The van der Waals surface area contributed by atoms with E-state index in [-0.39, 0.29) is 17.8 Å². The number of alkyl halides is 1. The highest BCUT2D eigenvalue weighted by molar-refractivity contribution is 9.09. The lowest BCUT2D eigenvalue weighted by atomic mass is 10.0. The summed E-state index contributed by atoms with van der Waals surface area (Å²) in [4.78, 5) is 10.8. The van der Waals surface area contributed by atoms with Crippen molar-refractivity contribution in [2.75, 3.05) is 5.33 Å². The van der Waals surface area contributed by atoms with Gasteiger partial charge in [-0.1, -0.05) is 33.6 Å². The number of hydrogen-bond acceptors (Lipinski definition) is 3. The second kappa shape index (κ2) is 5.89. The third-order valence-corrected chi connectivity index (χ3v) is 2.91. The number of halogens is 1. The van der Waals surface area contributed by atoms with Crippen LogP contribution in [0.4, 0.5) is 0 Å². The highest BCUT2D eigenvalue weighted by atomic mass is 79.9. The van der Waals surface area contributed by atoms with Crippen molar-refractivity contribution < 1.29 is 14.6 Å². The number of rotatable bonds is 4. The van der Waals surface area contributed by atoms with Gasteiger partial charge < -0.3 is 9.84 Å². The van der Waals surface area contributed by atoms with Crippen molar-refractivity contribution in [3.05, 3.63) is 29.3 Å². The summed E-state index contributed by atoms with van der Waals surface area (Å²) in [5.41, 5.74) is 1.87. The fourth-order valence-corrected chi connectivity index (χ4v) is 1.85. The number of esters is 1. The second-order valence-electron chi connectivity index (χ2n) is 3.72. The molecule has 0 aromatic heterocycles. The molecule has 16 heavy (non-hydrogen) atoms. The molecule has 1 aromatic rings. The topological polar surface area (TPSA) is 46.5 Å². The number of ether oxygens (including phenoxy) is 1. The van der Waals surface area contributed by atoms with E-state index < -0.39 is 0 Å². The number of phenols is 1. The first-order valence-electron chi connectivity index (χ1n) is 5.04. The highest BCUT2D eigenvalue weighted by Crippen LogP contribution is 2.21. The van der Waals surface area contributed by atoms with Crippen LogP contribution in [0.3, 0.4) is 0 Å². The lowest BCUT2D eigenvalue weighted by Gasteiger charge is -2.15. The van der Waals surface area contributed by atoms with Gasteiger partial charge in [0.05, 0.1) is 0 Å². The van der Waals surface area contributed by atoms with Crippen molar-refractivity contribution in [1.29, 1.82) is 0 Å². The quantitative estimate of drug-likeness (QED) is 0.684. The van der Waals surface area contributed by atoms with Crippen molar-refractivity contribution in [3.63, 3.8) is 0 Å². The molecule has 0 amide bonds. The summed E-state index contributed by atoms with van der Waals surface area (Å²) in [5, 5.41) is 10.2. The largest absolute Gasteiger partial charge is 0.508 e. The Balaban J connectivity index is 2.77. The zero-order valence-corrected chi connectivity index (χ0v) is 11.0. The first-order valence-corrected chi connectivity index (χ1v) is 6.16. The van der Waals surface area contributed by atoms with E-state index in [4.69, 9.17) is 4.74 Å². The Morgan fingerprint density at radius 2 is 2.25 bits per heavy atom. The number of aromatic hydroxyl groups is 1. The monoisotopic (exact) mass is 286 g/mol. The van der Waals surface area contributed by atoms with E-state index in [0.29, 0.717) is 11.8 Å². The summed E-state index contributed by atoms with van der Waals surface area (Å²) in [6.45, 7) is 3.34. The van der Waals surface area contributed by atoms with Gasteiger partial charge in [-0.25, -0.2) is 0 Å². The molecular weight excluding hydrogens is 272 g/mol. The molecule has 1 N–H and O–H groups in total. The number of carbonyl (C=O) groups is 1. The molecule has 1 atom stereocenters. The molecule has 0 spiro atoms. The Bertz CT molecular complexity index is 377. The van der Waals surface area contributed by atoms with Crippen LogP contribution in [0, 0.1) is 6.92 Å². The van der Waals surface area contributed by atoms with Crippen molar-refractivity contribution >= 4 is 21.9 Å². The molecule has 0 radical (unpaired) electrons. The summed E-state index contributed by atoms with van der Waals surface area (Å²) in [5.74, 6) is -0.0692. The SMILES string of the molecule is CC(=O)OC(CBr)Cc1cc(C)ccc1O. The van der Waals surface area contributed by atoms with Crippen molar-refractivity contribution in [1.82, 2.24) is 0 Å². The maximum absolute atomic E-state index is 10.8. The molecule has 1 rings (SSSR count). The normalized spacial score (nSPS) is 12.2. The number of aryl methyl sites for hydroxylation is 1. The highest BCUT2D eigenvalue weighted by Gasteiger charge is 2.13. The van der Waals surface area contributed by atoms with Crippen LogP contribution in [0.5, 0.6) is 5.75 Å². The average molecular weight is 287 g/mol. The van der Waals surface area contributed by atoms with E-state index in [1.165, 1.54) is 6.92 Å². The van der Waals surface area contributed by atoms with Crippen LogP contribution < -0.4 is 0 Å². The molecule has 0 saturated heterocycles. The third kappa shape index (κ3) is 3.85. The van der Waals surface area contributed by atoms with E-state index in [2.05, 4.69) is 15.9 Å². The molecule has 4 heteroatoms. The molecule has 3 nitrogen and oxygen atoms in total. The summed E-state index contributed by atoms with van der Waals surface area (Å²) in [7, 11) is 0. The van der Waals surface area contributed by atoms with Gasteiger partial charge in [-0.3, -0.25) is 4.79 Å². The molecule has 0 aliphatic carbocycles. The molecule has 1 aromatic carbocycles. The van der Waals surface area contributed by atoms with Gasteiger partial charge in [0.1, 0.15) is 11.9 Å². The molecule has 88 valence electrons. The first kappa shape index (κ1) is 13.0. The fourth-order valence-electron chi connectivity index (χ4n) is 1.49. The van der Waals surface area contributed by atoms with Gasteiger partial charge in [-0.2, -0.15) is 0 Å².